The van der Waals surface area contributed by atoms with E-state index in [1.54, 1.807) is 5.57 Å². The van der Waals surface area contributed by atoms with E-state index >= 15 is 0 Å². The van der Waals surface area contributed by atoms with Crippen LogP contribution in [0.1, 0.15) is 12.8 Å². The summed E-state index contributed by atoms with van der Waals surface area (Å²) >= 11 is 3.62. The van der Waals surface area contributed by atoms with Gasteiger partial charge in [0.1, 0.15) is 0 Å². The van der Waals surface area contributed by atoms with Crippen molar-refractivity contribution in [1.29, 1.82) is 0 Å². The normalized spacial score (nSPS) is 15.2. The Kier molecular flexibility index (Phi) is 4.33. The Bertz CT molecular complexity index is 616. The third kappa shape index (κ3) is 3.02. The highest BCUT2D eigenvalue weighted by Crippen LogP contribution is 2.28. The summed E-state index contributed by atoms with van der Waals surface area (Å²) in [4.78, 5) is 4.31. The van der Waals surface area contributed by atoms with Crippen molar-refractivity contribution in [3.8, 4) is 11.3 Å². The zero-order chi connectivity index (χ0) is 13.8. The van der Waals surface area contributed by atoms with Crippen molar-refractivity contribution in [2.45, 2.75) is 19.4 Å². The summed E-state index contributed by atoms with van der Waals surface area (Å²) in [6.07, 6.45) is 8.46. The van der Waals surface area contributed by atoms with Crippen molar-refractivity contribution < 1.29 is 0 Å². The van der Waals surface area contributed by atoms with Crippen LogP contribution in [-0.2, 0) is 6.54 Å². The molecule has 20 heavy (non-hydrogen) atoms. The molecule has 0 radical (unpaired) electrons. The molecule has 0 fully saturated rings. The van der Waals surface area contributed by atoms with Gasteiger partial charge in [0.15, 0.2) is 0 Å². The van der Waals surface area contributed by atoms with Gasteiger partial charge in [0, 0.05) is 23.1 Å². The maximum absolute atomic E-state index is 4.31. The van der Waals surface area contributed by atoms with Gasteiger partial charge in [0.05, 0.1) is 18.2 Å². The van der Waals surface area contributed by atoms with Crippen molar-refractivity contribution in [1.82, 2.24) is 14.9 Å². The van der Waals surface area contributed by atoms with E-state index < -0.39 is 0 Å². The third-order valence-electron chi connectivity index (χ3n) is 3.69. The number of benzene rings is 1. The number of rotatable bonds is 4. The van der Waals surface area contributed by atoms with Gasteiger partial charge in [0.25, 0.3) is 0 Å². The average Bonchev–Trinajstić information content (AvgIpc) is 2.95. The van der Waals surface area contributed by atoms with Crippen molar-refractivity contribution in [2.24, 2.45) is 0 Å². The number of hydrogen-bond acceptors (Lipinski definition) is 2. The quantitative estimate of drug-likeness (QED) is 0.867. The van der Waals surface area contributed by atoms with Gasteiger partial charge in [-0.1, -0.05) is 45.8 Å². The van der Waals surface area contributed by atoms with E-state index in [2.05, 4.69) is 55.1 Å². The molecule has 1 aliphatic rings. The number of nitrogens with zero attached hydrogens (tertiary/aromatic N) is 2. The molecule has 2 heterocycles. The molecule has 0 saturated heterocycles. The van der Waals surface area contributed by atoms with Crippen molar-refractivity contribution >= 4 is 15.9 Å². The maximum atomic E-state index is 4.31. The minimum absolute atomic E-state index is 0.989. The topological polar surface area (TPSA) is 29.9 Å². The second-order valence-corrected chi connectivity index (χ2v) is 5.87. The van der Waals surface area contributed by atoms with Crippen LogP contribution in [0.25, 0.3) is 11.3 Å². The van der Waals surface area contributed by atoms with Gasteiger partial charge < -0.3 is 9.88 Å². The molecule has 1 aliphatic heterocycles. The van der Waals surface area contributed by atoms with Gasteiger partial charge in [-0.25, -0.2) is 4.98 Å². The van der Waals surface area contributed by atoms with Gasteiger partial charge in [0.2, 0.25) is 0 Å². The number of aryl methyl sites for hydroxylation is 1. The second kappa shape index (κ2) is 6.37. The molecule has 1 aromatic heterocycles. The molecule has 104 valence electrons. The Balaban J connectivity index is 1.77. The van der Waals surface area contributed by atoms with Crippen LogP contribution in [0.3, 0.4) is 0 Å². The molecule has 1 N–H and O–H groups in total. The summed E-state index contributed by atoms with van der Waals surface area (Å²) in [5.74, 6) is 0. The first-order chi connectivity index (χ1) is 9.84. The molecule has 0 bridgehead atoms. The first-order valence-electron chi connectivity index (χ1n) is 6.98. The monoisotopic (exact) mass is 331 g/mol. The van der Waals surface area contributed by atoms with E-state index in [0.717, 1.165) is 30.5 Å². The fourth-order valence-electron chi connectivity index (χ4n) is 2.55. The largest absolute Gasteiger partial charge is 0.330 e. The molecule has 0 unspecified atom stereocenters. The lowest BCUT2D eigenvalue weighted by atomic mass is 10.1. The van der Waals surface area contributed by atoms with Crippen molar-refractivity contribution in [3.63, 3.8) is 0 Å². The van der Waals surface area contributed by atoms with E-state index in [0.29, 0.717) is 0 Å². The van der Waals surface area contributed by atoms with Crippen LogP contribution < -0.4 is 5.32 Å². The Morgan fingerprint density at radius 1 is 1.30 bits per heavy atom. The lowest BCUT2D eigenvalue weighted by molar-refractivity contribution is 0.632. The minimum Gasteiger partial charge on any atom is -0.330 e. The molecule has 0 aliphatic carbocycles. The SMILES string of the molecule is Brc1ccccc1-c1cncn1CCC1=CCNCC1. The fraction of sp³-hybridized carbons (Fsp3) is 0.312. The zero-order valence-electron chi connectivity index (χ0n) is 11.3. The van der Waals surface area contributed by atoms with Crippen molar-refractivity contribution in [2.75, 3.05) is 13.1 Å². The lowest BCUT2D eigenvalue weighted by Gasteiger charge is -2.15. The summed E-state index contributed by atoms with van der Waals surface area (Å²) in [7, 11) is 0. The van der Waals surface area contributed by atoms with Crippen LogP contribution in [-0.4, -0.2) is 22.6 Å². The number of halogens is 1. The van der Waals surface area contributed by atoms with E-state index in [1.807, 2.05) is 18.6 Å². The summed E-state index contributed by atoms with van der Waals surface area (Å²) in [5.41, 5.74) is 3.92. The Labute approximate surface area is 127 Å². The van der Waals surface area contributed by atoms with Crippen LogP contribution in [0.5, 0.6) is 0 Å². The number of hydrogen-bond donors (Lipinski definition) is 1. The smallest absolute Gasteiger partial charge is 0.0951 e. The standard InChI is InChI=1S/C16H18BrN3/c17-15-4-2-1-3-14(15)16-11-19-12-20(16)10-7-13-5-8-18-9-6-13/h1-5,11-12,18H,6-10H2. The van der Waals surface area contributed by atoms with Gasteiger partial charge in [-0.3, -0.25) is 0 Å². The van der Waals surface area contributed by atoms with Crippen LogP contribution in [0.4, 0.5) is 0 Å². The highest BCUT2D eigenvalue weighted by atomic mass is 79.9. The molecule has 0 saturated carbocycles. The molecular weight excluding hydrogens is 314 g/mol. The first kappa shape index (κ1) is 13.6. The van der Waals surface area contributed by atoms with Crippen molar-refractivity contribution in [3.05, 3.63) is 52.9 Å². The predicted octanol–water partition coefficient (Wildman–Crippen LogP) is 3.62. The number of nitrogens with one attached hydrogen (secondary N) is 1. The molecule has 1 aromatic carbocycles. The number of imidazole rings is 1. The van der Waals surface area contributed by atoms with Gasteiger partial charge in [-0.05, 0) is 25.5 Å². The van der Waals surface area contributed by atoms with E-state index in [4.69, 9.17) is 0 Å². The van der Waals surface area contributed by atoms with Crippen LogP contribution in [0.2, 0.25) is 0 Å². The molecule has 4 heteroatoms. The van der Waals surface area contributed by atoms with E-state index in [9.17, 15) is 0 Å². The summed E-state index contributed by atoms with van der Waals surface area (Å²) < 4.78 is 3.35. The van der Waals surface area contributed by atoms with Crippen LogP contribution >= 0.6 is 15.9 Å². The number of aromatic nitrogens is 2. The zero-order valence-corrected chi connectivity index (χ0v) is 12.9. The Morgan fingerprint density at radius 3 is 3.00 bits per heavy atom. The minimum atomic E-state index is 0.989. The highest BCUT2D eigenvalue weighted by molar-refractivity contribution is 9.10. The summed E-state index contributed by atoms with van der Waals surface area (Å²) in [6.45, 7) is 3.10. The fourth-order valence-corrected chi connectivity index (χ4v) is 3.04. The molecular formula is C16H18BrN3. The van der Waals surface area contributed by atoms with Gasteiger partial charge in [-0.2, -0.15) is 0 Å². The third-order valence-corrected chi connectivity index (χ3v) is 4.39. The molecule has 0 spiro atoms. The van der Waals surface area contributed by atoms with Crippen LogP contribution in [0.15, 0.2) is 52.9 Å². The van der Waals surface area contributed by atoms with E-state index in [-0.39, 0.29) is 0 Å². The second-order valence-electron chi connectivity index (χ2n) is 5.02. The van der Waals surface area contributed by atoms with Gasteiger partial charge in [-0.15, -0.1) is 0 Å². The molecule has 2 aromatic rings. The molecule has 3 rings (SSSR count). The molecule has 0 amide bonds. The summed E-state index contributed by atoms with van der Waals surface area (Å²) in [5, 5.41) is 3.35. The first-order valence-corrected chi connectivity index (χ1v) is 7.77. The van der Waals surface area contributed by atoms with Crippen LogP contribution in [0, 0.1) is 0 Å². The lowest BCUT2D eigenvalue weighted by Crippen LogP contribution is -2.21. The Hall–Kier alpha value is -1.39. The van der Waals surface area contributed by atoms with Gasteiger partial charge >= 0.3 is 0 Å². The predicted molar refractivity (Wildman–Crippen MR) is 85.5 cm³/mol. The average molecular weight is 332 g/mol. The highest BCUT2D eigenvalue weighted by Gasteiger charge is 2.09. The summed E-state index contributed by atoms with van der Waals surface area (Å²) in [6, 6.07) is 8.30. The molecule has 0 atom stereocenters. The van der Waals surface area contributed by atoms with E-state index in [1.165, 1.54) is 17.7 Å². The Morgan fingerprint density at radius 2 is 2.20 bits per heavy atom. The maximum Gasteiger partial charge on any atom is 0.0951 e. The molecule has 3 nitrogen and oxygen atoms in total.